The molecule has 17 nitrogen and oxygen atoms in total. The molecule has 298 valence electrons. The molecule has 0 saturated heterocycles. The molecule has 0 aliphatic carbocycles. The highest BCUT2D eigenvalue weighted by Gasteiger charge is 2.28. The third-order valence-electron chi connectivity index (χ3n) is 8.15. The highest BCUT2D eigenvalue weighted by Crippen LogP contribution is 2.07. The Hall–Kier alpha value is -4.94. The second-order valence-electron chi connectivity index (χ2n) is 13.5. The summed E-state index contributed by atoms with van der Waals surface area (Å²) in [6.07, 6.45) is 0.664. The zero-order valence-corrected chi connectivity index (χ0v) is 31.7. The summed E-state index contributed by atoms with van der Waals surface area (Å²) in [6, 6.07) is 15.4. The van der Waals surface area contributed by atoms with Crippen molar-refractivity contribution in [2.45, 2.75) is 64.7 Å². The Balaban J connectivity index is 1.52. The van der Waals surface area contributed by atoms with Crippen molar-refractivity contribution in [3.8, 4) is 0 Å². The molecule has 0 fully saturated rings. The number of rotatable bonds is 25. The van der Waals surface area contributed by atoms with Crippen LogP contribution in [-0.4, -0.2) is 106 Å². The molecule has 13 N–H and O–H groups in total. The monoisotopic (exact) mass is 753 g/mol. The topological polar surface area (TPSA) is 263 Å². The van der Waals surface area contributed by atoms with E-state index in [4.69, 9.17) is 11.5 Å². The van der Waals surface area contributed by atoms with E-state index in [1.807, 2.05) is 60.7 Å². The van der Waals surface area contributed by atoms with Crippen LogP contribution in [0, 0.1) is 11.8 Å². The third kappa shape index (κ3) is 18.2. The fourth-order valence-electron chi connectivity index (χ4n) is 5.05. The average molecular weight is 754 g/mol. The molecule has 0 saturated carbocycles. The van der Waals surface area contributed by atoms with Gasteiger partial charge in [-0.05, 0) is 35.8 Å². The maximum Gasteiger partial charge on any atom is 0.243 e. The number of carbonyl (C=O) groups is 6. The molecule has 0 heterocycles. The van der Waals surface area contributed by atoms with E-state index in [1.165, 1.54) is 0 Å². The third-order valence-corrected chi connectivity index (χ3v) is 8.15. The summed E-state index contributed by atoms with van der Waals surface area (Å²) in [5.74, 6) is -3.08. The zero-order valence-electron chi connectivity index (χ0n) is 31.7. The van der Waals surface area contributed by atoms with Crippen LogP contribution in [0.4, 0.5) is 0 Å². The van der Waals surface area contributed by atoms with Gasteiger partial charge in [0.15, 0.2) is 0 Å². The standard InChI is InChI=1S/C37H59N11O6/c1-24(2)32(47-34(51)28(38)19-26-11-7-5-8-12-26)36(53)43-21-30(49)41-16-15-40-23-46-45-18-17-42-31(50)22-44-37(54)33(25(3)4)48-35(52)29(39)20-27-13-9-6-10-14-27/h5-14,24-25,28-29,32-33,40,45-46H,15-23,38-39H2,1-4H3,(H,41,49)(H,42,50)(H,43,53)(H,44,54)(H,47,51)(H,48,52)/t28-,29-,32-,33-/m0/s1. The van der Waals surface area contributed by atoms with Crippen LogP contribution in [0.2, 0.25) is 0 Å². The number of benzene rings is 2. The molecule has 6 amide bonds. The Morgan fingerprint density at radius 3 is 1.33 bits per heavy atom. The van der Waals surface area contributed by atoms with Crippen molar-refractivity contribution in [3.63, 3.8) is 0 Å². The predicted molar refractivity (Wildman–Crippen MR) is 206 cm³/mol. The number of nitrogens with one attached hydrogen (secondary N) is 9. The molecule has 0 aromatic heterocycles. The van der Waals surface area contributed by atoms with Crippen molar-refractivity contribution in [2.24, 2.45) is 23.3 Å². The molecule has 0 unspecified atom stereocenters. The molecule has 54 heavy (non-hydrogen) atoms. The number of amides is 6. The molecule has 2 rings (SSSR count). The van der Waals surface area contributed by atoms with Crippen molar-refractivity contribution in [1.29, 1.82) is 0 Å². The van der Waals surface area contributed by atoms with Crippen LogP contribution in [0.5, 0.6) is 0 Å². The van der Waals surface area contributed by atoms with Crippen molar-refractivity contribution in [2.75, 3.05) is 45.9 Å². The average Bonchev–Trinajstić information content (AvgIpc) is 3.14. The minimum Gasteiger partial charge on any atom is -0.353 e. The Labute approximate surface area is 317 Å². The van der Waals surface area contributed by atoms with Crippen molar-refractivity contribution in [3.05, 3.63) is 71.8 Å². The van der Waals surface area contributed by atoms with Crippen LogP contribution in [-0.2, 0) is 41.6 Å². The quantitative estimate of drug-likeness (QED) is 0.0287. The smallest absolute Gasteiger partial charge is 0.243 e. The number of hydrazine groups is 1. The van der Waals surface area contributed by atoms with Gasteiger partial charge in [0.2, 0.25) is 35.4 Å². The van der Waals surface area contributed by atoms with Crippen LogP contribution in [0.25, 0.3) is 0 Å². The Kier molecular flexibility index (Phi) is 21.1. The highest BCUT2D eigenvalue weighted by molar-refractivity contribution is 5.93. The van der Waals surface area contributed by atoms with E-state index in [9.17, 15) is 28.8 Å². The number of hydrogen-bond donors (Lipinski definition) is 11. The Morgan fingerprint density at radius 1 is 0.519 bits per heavy atom. The molecule has 0 aliphatic heterocycles. The lowest BCUT2D eigenvalue weighted by atomic mass is 10.0. The van der Waals surface area contributed by atoms with Gasteiger partial charge in [-0.15, -0.1) is 0 Å². The van der Waals surface area contributed by atoms with E-state index in [2.05, 4.69) is 48.1 Å². The maximum atomic E-state index is 12.7. The second-order valence-corrected chi connectivity index (χ2v) is 13.5. The van der Waals surface area contributed by atoms with E-state index in [0.29, 0.717) is 39.1 Å². The van der Waals surface area contributed by atoms with Crippen LogP contribution >= 0.6 is 0 Å². The van der Waals surface area contributed by atoms with Gasteiger partial charge in [-0.3, -0.25) is 34.2 Å². The van der Waals surface area contributed by atoms with Gasteiger partial charge >= 0.3 is 0 Å². The second kappa shape index (κ2) is 25.1. The summed E-state index contributed by atoms with van der Waals surface area (Å²) in [5, 5.41) is 19.0. The minimum atomic E-state index is -0.848. The van der Waals surface area contributed by atoms with Gasteiger partial charge in [0, 0.05) is 26.2 Å². The molecule has 17 heteroatoms. The van der Waals surface area contributed by atoms with Crippen LogP contribution in [0.3, 0.4) is 0 Å². The Morgan fingerprint density at radius 2 is 0.926 bits per heavy atom. The Bertz CT molecular complexity index is 1350. The number of nitrogens with two attached hydrogens (primary N) is 2. The summed E-state index contributed by atoms with van der Waals surface area (Å²) in [6.45, 7) is 8.43. The largest absolute Gasteiger partial charge is 0.353 e. The van der Waals surface area contributed by atoms with Gasteiger partial charge in [-0.2, -0.15) is 0 Å². The maximum absolute atomic E-state index is 12.7. The molecular weight excluding hydrogens is 694 g/mol. The molecule has 0 aliphatic rings. The fourth-order valence-corrected chi connectivity index (χ4v) is 5.05. The summed E-state index contributed by atoms with van der Waals surface area (Å²) in [5.41, 5.74) is 19.8. The van der Waals surface area contributed by atoms with Gasteiger partial charge in [0.1, 0.15) is 12.1 Å². The number of hydrogen-bond acceptors (Lipinski definition) is 11. The van der Waals surface area contributed by atoms with Crippen LogP contribution in [0.15, 0.2) is 60.7 Å². The van der Waals surface area contributed by atoms with E-state index >= 15 is 0 Å². The molecule has 2 aromatic carbocycles. The van der Waals surface area contributed by atoms with E-state index in [1.54, 1.807) is 27.7 Å². The summed E-state index contributed by atoms with van der Waals surface area (Å²) < 4.78 is 0. The van der Waals surface area contributed by atoms with E-state index in [-0.39, 0.29) is 37.4 Å². The lowest BCUT2D eigenvalue weighted by molar-refractivity contribution is -0.131. The lowest BCUT2D eigenvalue weighted by Gasteiger charge is -2.23. The summed E-state index contributed by atoms with van der Waals surface area (Å²) in [7, 11) is 0. The molecule has 2 aromatic rings. The molecule has 0 bridgehead atoms. The predicted octanol–water partition coefficient (Wildman–Crippen LogP) is -2.49. The molecule has 0 radical (unpaired) electrons. The lowest BCUT2D eigenvalue weighted by Crippen LogP contribution is -2.55. The normalized spacial score (nSPS) is 13.3. The zero-order chi connectivity index (χ0) is 39.9. The SMILES string of the molecule is CC(C)[C@H](NC(=O)[C@@H](N)Cc1ccccc1)C(=O)NCC(=O)NCCNCNNCCNC(=O)CNC(=O)[C@@H](NC(=O)[C@@H](N)Cc1ccccc1)C(C)C. The minimum absolute atomic E-state index is 0.226. The first kappa shape index (κ1) is 45.2. The van der Waals surface area contributed by atoms with Crippen LogP contribution in [0.1, 0.15) is 38.8 Å². The van der Waals surface area contributed by atoms with Gasteiger partial charge in [0.25, 0.3) is 0 Å². The van der Waals surface area contributed by atoms with Crippen LogP contribution < -0.4 is 59.5 Å². The van der Waals surface area contributed by atoms with Gasteiger partial charge in [-0.25, -0.2) is 5.43 Å². The first-order valence-corrected chi connectivity index (χ1v) is 18.2. The molecular formula is C37H59N11O6. The first-order chi connectivity index (χ1) is 25.8. The van der Waals surface area contributed by atoms with Gasteiger partial charge in [0.05, 0.1) is 31.8 Å². The fraction of sp³-hybridized carbons (Fsp3) is 0.514. The van der Waals surface area contributed by atoms with Gasteiger partial charge < -0.3 is 48.7 Å². The van der Waals surface area contributed by atoms with Crippen molar-refractivity contribution >= 4 is 35.4 Å². The first-order valence-electron chi connectivity index (χ1n) is 18.2. The van der Waals surface area contributed by atoms with Crippen molar-refractivity contribution < 1.29 is 28.8 Å². The number of carbonyl (C=O) groups excluding carboxylic acids is 6. The van der Waals surface area contributed by atoms with Gasteiger partial charge in [-0.1, -0.05) is 88.4 Å². The molecule has 4 atom stereocenters. The highest BCUT2D eigenvalue weighted by atomic mass is 16.2. The summed E-state index contributed by atoms with van der Waals surface area (Å²) in [4.78, 5) is 75.2. The van der Waals surface area contributed by atoms with E-state index in [0.717, 1.165) is 11.1 Å². The van der Waals surface area contributed by atoms with Crippen molar-refractivity contribution in [1.82, 2.24) is 48.1 Å². The molecule has 0 spiro atoms. The summed E-state index contributed by atoms with van der Waals surface area (Å²) >= 11 is 0. The van der Waals surface area contributed by atoms with E-state index < -0.39 is 53.7 Å².